The molecule has 0 radical (unpaired) electrons. The molecule has 1 unspecified atom stereocenters. The molecule has 2 rings (SSSR count). The van der Waals surface area contributed by atoms with Gasteiger partial charge in [-0.2, -0.15) is 0 Å². The minimum atomic E-state index is -0.0283. The molecular weight excluding hydrogens is 338 g/mol. The van der Waals surface area contributed by atoms with Crippen LogP contribution in [0.5, 0.6) is 0 Å². The lowest BCUT2D eigenvalue weighted by Gasteiger charge is -2.33. The van der Waals surface area contributed by atoms with Gasteiger partial charge in [0, 0.05) is 38.3 Å². The number of nitrogens with zero attached hydrogens (tertiary/aromatic N) is 3. The highest BCUT2D eigenvalue weighted by molar-refractivity contribution is 5.94. The number of rotatable bonds is 7. The van der Waals surface area contributed by atoms with Gasteiger partial charge < -0.3 is 20.4 Å². The average Bonchev–Trinajstić information content (AvgIpc) is 2.65. The van der Waals surface area contributed by atoms with E-state index in [0.717, 1.165) is 37.7 Å². The molecule has 1 saturated heterocycles. The topological polar surface area (TPSA) is 60.0 Å². The van der Waals surface area contributed by atoms with Crippen molar-refractivity contribution in [3.63, 3.8) is 0 Å². The highest BCUT2D eigenvalue weighted by Crippen LogP contribution is 2.16. The molecule has 6 nitrogen and oxygen atoms in total. The van der Waals surface area contributed by atoms with Gasteiger partial charge in [-0.05, 0) is 57.5 Å². The fourth-order valence-corrected chi connectivity index (χ4v) is 3.28. The molecule has 0 aliphatic carbocycles. The zero-order chi connectivity index (χ0) is 19.6. The van der Waals surface area contributed by atoms with Crippen molar-refractivity contribution in [3.05, 3.63) is 35.4 Å². The first-order chi connectivity index (χ1) is 13.0. The van der Waals surface area contributed by atoms with Gasteiger partial charge in [0.2, 0.25) is 0 Å². The fraction of sp³-hybridized carbons (Fsp3) is 0.619. The first-order valence-corrected chi connectivity index (χ1v) is 10.0. The Labute approximate surface area is 164 Å². The molecule has 1 atom stereocenters. The van der Waals surface area contributed by atoms with Gasteiger partial charge in [-0.25, -0.2) is 4.99 Å². The van der Waals surface area contributed by atoms with Crippen LogP contribution in [-0.4, -0.2) is 68.5 Å². The number of benzene rings is 1. The number of piperidine rings is 1. The number of likely N-dealkylation sites (tertiary alicyclic amines) is 1. The van der Waals surface area contributed by atoms with Crippen LogP contribution in [0.25, 0.3) is 0 Å². The summed E-state index contributed by atoms with van der Waals surface area (Å²) in [6.45, 7) is 9.42. The lowest BCUT2D eigenvalue weighted by atomic mass is 10.0. The minimum Gasteiger partial charge on any atom is -0.357 e. The van der Waals surface area contributed by atoms with Gasteiger partial charge in [0.05, 0.1) is 6.54 Å². The van der Waals surface area contributed by atoms with Crippen LogP contribution in [0, 0.1) is 5.92 Å². The van der Waals surface area contributed by atoms with Crippen molar-refractivity contribution < 1.29 is 4.79 Å². The van der Waals surface area contributed by atoms with Crippen molar-refractivity contribution in [2.24, 2.45) is 10.9 Å². The number of hydrogen-bond acceptors (Lipinski definition) is 3. The Morgan fingerprint density at radius 3 is 2.85 bits per heavy atom. The van der Waals surface area contributed by atoms with Crippen molar-refractivity contribution in [2.75, 3.05) is 46.8 Å². The molecule has 150 valence electrons. The van der Waals surface area contributed by atoms with E-state index in [1.165, 1.54) is 12.8 Å². The van der Waals surface area contributed by atoms with Crippen LogP contribution in [0.1, 0.15) is 42.6 Å². The molecule has 6 heteroatoms. The van der Waals surface area contributed by atoms with E-state index >= 15 is 0 Å². The maximum Gasteiger partial charge on any atom is 0.251 e. The monoisotopic (exact) mass is 373 g/mol. The lowest BCUT2D eigenvalue weighted by molar-refractivity contribution is 0.0951. The average molecular weight is 374 g/mol. The number of likely N-dealkylation sites (N-methyl/N-ethyl adjacent to an activating group) is 1. The summed E-state index contributed by atoms with van der Waals surface area (Å²) in [5, 5.41) is 6.37. The van der Waals surface area contributed by atoms with Gasteiger partial charge in [0.1, 0.15) is 0 Å². The van der Waals surface area contributed by atoms with E-state index in [4.69, 9.17) is 4.99 Å². The van der Waals surface area contributed by atoms with Crippen LogP contribution in [0.2, 0.25) is 0 Å². The zero-order valence-electron chi connectivity index (χ0n) is 17.3. The Hall–Kier alpha value is -2.08. The maximum atomic E-state index is 12.3. The summed E-state index contributed by atoms with van der Waals surface area (Å²) in [6, 6.07) is 7.76. The van der Waals surface area contributed by atoms with Crippen LogP contribution in [0.4, 0.5) is 0 Å². The molecular formula is C21H35N5O. The third-order valence-corrected chi connectivity index (χ3v) is 4.74. The standard InChI is InChI=1S/C21H35N5O/c1-5-22-21(26-12-7-8-17(2)16-26)24-15-18-9-6-10-19(14-18)20(27)23-11-13-25(3)4/h6,9-10,14,17H,5,7-8,11-13,15-16H2,1-4H3,(H,22,24)(H,23,27). The van der Waals surface area contributed by atoms with Gasteiger partial charge in [-0.15, -0.1) is 0 Å². The molecule has 1 heterocycles. The van der Waals surface area contributed by atoms with Crippen LogP contribution in [-0.2, 0) is 6.54 Å². The number of amides is 1. The fourth-order valence-electron chi connectivity index (χ4n) is 3.28. The van der Waals surface area contributed by atoms with Gasteiger partial charge in [-0.1, -0.05) is 19.1 Å². The van der Waals surface area contributed by atoms with Gasteiger partial charge >= 0.3 is 0 Å². The van der Waals surface area contributed by atoms with E-state index in [9.17, 15) is 4.79 Å². The Morgan fingerprint density at radius 2 is 2.15 bits per heavy atom. The Bertz CT molecular complexity index is 629. The second-order valence-corrected chi connectivity index (χ2v) is 7.62. The van der Waals surface area contributed by atoms with Gasteiger partial charge in [0.15, 0.2) is 5.96 Å². The molecule has 0 bridgehead atoms. The smallest absolute Gasteiger partial charge is 0.251 e. The van der Waals surface area contributed by atoms with E-state index in [-0.39, 0.29) is 5.91 Å². The Kier molecular flexibility index (Phi) is 8.58. The molecule has 1 aliphatic heterocycles. The zero-order valence-corrected chi connectivity index (χ0v) is 17.3. The van der Waals surface area contributed by atoms with Crippen molar-refractivity contribution >= 4 is 11.9 Å². The van der Waals surface area contributed by atoms with Crippen molar-refractivity contribution in [1.29, 1.82) is 0 Å². The normalized spacial score (nSPS) is 17.9. The summed E-state index contributed by atoms with van der Waals surface area (Å²) in [5.41, 5.74) is 1.74. The lowest BCUT2D eigenvalue weighted by Crippen LogP contribution is -2.46. The molecule has 1 aromatic carbocycles. The number of carbonyl (C=O) groups is 1. The first kappa shape index (κ1) is 21.2. The number of nitrogens with one attached hydrogen (secondary N) is 2. The maximum absolute atomic E-state index is 12.3. The Morgan fingerprint density at radius 1 is 1.33 bits per heavy atom. The summed E-state index contributed by atoms with van der Waals surface area (Å²) in [5.74, 6) is 1.65. The van der Waals surface area contributed by atoms with Gasteiger partial charge in [0.25, 0.3) is 5.91 Å². The predicted octanol–water partition coefficient (Wildman–Crippen LogP) is 2.18. The number of aliphatic imine (C=N–C) groups is 1. The number of carbonyl (C=O) groups excluding carboxylic acids is 1. The van der Waals surface area contributed by atoms with Crippen molar-refractivity contribution in [2.45, 2.75) is 33.2 Å². The largest absolute Gasteiger partial charge is 0.357 e. The van der Waals surface area contributed by atoms with E-state index in [0.29, 0.717) is 24.6 Å². The summed E-state index contributed by atoms with van der Waals surface area (Å²) in [4.78, 5) is 21.5. The van der Waals surface area contributed by atoms with Crippen LogP contribution in [0.15, 0.2) is 29.3 Å². The second-order valence-electron chi connectivity index (χ2n) is 7.62. The quantitative estimate of drug-likeness (QED) is 0.568. The molecule has 0 spiro atoms. The highest BCUT2D eigenvalue weighted by atomic mass is 16.1. The molecule has 0 aromatic heterocycles. The molecule has 1 amide bonds. The van der Waals surface area contributed by atoms with Crippen LogP contribution < -0.4 is 10.6 Å². The molecule has 2 N–H and O–H groups in total. The van der Waals surface area contributed by atoms with E-state index < -0.39 is 0 Å². The van der Waals surface area contributed by atoms with Gasteiger partial charge in [-0.3, -0.25) is 4.79 Å². The summed E-state index contributed by atoms with van der Waals surface area (Å²) in [6.07, 6.45) is 2.51. The second kappa shape index (κ2) is 10.9. The molecule has 0 saturated carbocycles. The van der Waals surface area contributed by atoms with Crippen molar-refractivity contribution in [1.82, 2.24) is 20.4 Å². The predicted molar refractivity (Wildman–Crippen MR) is 112 cm³/mol. The summed E-state index contributed by atoms with van der Waals surface area (Å²) >= 11 is 0. The minimum absolute atomic E-state index is 0.0283. The first-order valence-electron chi connectivity index (χ1n) is 10.0. The molecule has 1 aromatic rings. The summed E-state index contributed by atoms with van der Waals surface area (Å²) < 4.78 is 0. The molecule has 27 heavy (non-hydrogen) atoms. The van der Waals surface area contributed by atoms with Crippen molar-refractivity contribution in [3.8, 4) is 0 Å². The third kappa shape index (κ3) is 7.21. The Balaban J connectivity index is 2.00. The van der Waals surface area contributed by atoms with E-state index in [2.05, 4.69) is 34.3 Å². The van der Waals surface area contributed by atoms with Crippen LogP contribution in [0.3, 0.4) is 0 Å². The molecule has 1 aliphatic rings. The molecule has 1 fully saturated rings. The highest BCUT2D eigenvalue weighted by Gasteiger charge is 2.19. The number of guanidine groups is 1. The van der Waals surface area contributed by atoms with E-state index in [1.807, 2.05) is 38.4 Å². The SMILES string of the molecule is CCNC(=NCc1cccc(C(=O)NCCN(C)C)c1)N1CCCC(C)C1. The number of hydrogen-bond donors (Lipinski definition) is 2. The van der Waals surface area contributed by atoms with E-state index in [1.54, 1.807) is 0 Å². The third-order valence-electron chi connectivity index (χ3n) is 4.74. The van der Waals surface area contributed by atoms with Crippen LogP contribution >= 0.6 is 0 Å². The summed E-state index contributed by atoms with van der Waals surface area (Å²) in [7, 11) is 3.99.